The number of aromatic nitrogens is 2. The maximum absolute atomic E-state index is 5.66. The largest absolute Gasteiger partial charge is 0.386 e. The number of hydrogen-bond donors (Lipinski definition) is 1. The van der Waals surface area contributed by atoms with Gasteiger partial charge in [-0.2, -0.15) is 0 Å². The second-order valence-corrected chi connectivity index (χ2v) is 5.68. The molecule has 0 aliphatic rings. The van der Waals surface area contributed by atoms with Crippen molar-refractivity contribution in [2.24, 2.45) is 10.7 Å². The predicted molar refractivity (Wildman–Crippen MR) is 82.3 cm³/mol. The van der Waals surface area contributed by atoms with Crippen molar-refractivity contribution < 1.29 is 0 Å². The summed E-state index contributed by atoms with van der Waals surface area (Å²) < 4.78 is 0.842. The summed E-state index contributed by atoms with van der Waals surface area (Å²) in [6.07, 6.45) is 3.41. The van der Waals surface area contributed by atoms with Crippen molar-refractivity contribution in [3.8, 4) is 0 Å². The van der Waals surface area contributed by atoms with Crippen LogP contribution in [0.2, 0.25) is 0 Å². The molecule has 0 saturated heterocycles. The SMILES string of the molecule is NC(CCl)=Nc1ccccc1Sc1ncc(Br)cn1. The molecule has 0 aliphatic heterocycles. The maximum Gasteiger partial charge on any atom is 0.192 e. The summed E-state index contributed by atoms with van der Waals surface area (Å²) in [7, 11) is 0. The van der Waals surface area contributed by atoms with Crippen LogP contribution in [0.1, 0.15) is 0 Å². The van der Waals surface area contributed by atoms with Gasteiger partial charge in [-0.1, -0.05) is 12.1 Å². The second-order valence-electron chi connectivity index (χ2n) is 3.49. The smallest absolute Gasteiger partial charge is 0.192 e. The Morgan fingerprint density at radius 1 is 1.32 bits per heavy atom. The summed E-state index contributed by atoms with van der Waals surface area (Å²) in [5.41, 5.74) is 6.42. The van der Waals surface area contributed by atoms with Crippen molar-refractivity contribution in [2.45, 2.75) is 10.1 Å². The minimum Gasteiger partial charge on any atom is -0.386 e. The van der Waals surface area contributed by atoms with Gasteiger partial charge in [-0.15, -0.1) is 11.6 Å². The summed E-state index contributed by atoms with van der Waals surface area (Å²) in [6.45, 7) is 0. The van der Waals surface area contributed by atoms with Gasteiger partial charge in [0, 0.05) is 17.3 Å². The molecule has 0 radical (unpaired) electrons. The number of halogens is 2. The summed E-state index contributed by atoms with van der Waals surface area (Å²) in [5, 5.41) is 0.648. The molecule has 0 spiro atoms. The van der Waals surface area contributed by atoms with Crippen LogP contribution in [0.3, 0.4) is 0 Å². The number of para-hydroxylation sites is 1. The third-order valence-corrected chi connectivity index (χ3v) is 3.71. The molecule has 1 aromatic carbocycles. The van der Waals surface area contributed by atoms with Gasteiger partial charge in [0.25, 0.3) is 0 Å². The van der Waals surface area contributed by atoms with E-state index in [0.717, 1.165) is 15.1 Å². The third kappa shape index (κ3) is 4.19. The fourth-order valence-electron chi connectivity index (χ4n) is 1.27. The summed E-state index contributed by atoms with van der Waals surface area (Å²) in [6, 6.07) is 7.64. The number of nitrogens with two attached hydrogens (primary N) is 1. The first-order chi connectivity index (χ1) is 9.19. The Morgan fingerprint density at radius 3 is 2.68 bits per heavy atom. The summed E-state index contributed by atoms with van der Waals surface area (Å²) in [5.74, 6) is 0.583. The second kappa shape index (κ2) is 6.88. The zero-order valence-corrected chi connectivity index (χ0v) is 12.9. The molecular weight excluding hydrogens is 348 g/mol. The lowest BCUT2D eigenvalue weighted by Gasteiger charge is -2.04. The van der Waals surface area contributed by atoms with E-state index in [1.54, 1.807) is 12.4 Å². The highest BCUT2D eigenvalue weighted by Crippen LogP contribution is 2.33. The number of rotatable bonds is 4. The highest BCUT2D eigenvalue weighted by Gasteiger charge is 2.05. The van der Waals surface area contributed by atoms with E-state index in [-0.39, 0.29) is 5.88 Å². The van der Waals surface area contributed by atoms with E-state index >= 15 is 0 Å². The molecule has 0 unspecified atom stereocenters. The standard InChI is InChI=1S/C12H10BrClN4S/c13-8-6-16-12(17-7-8)19-10-4-2-1-3-9(10)18-11(15)5-14/h1-4,6-7H,5H2,(H2,15,18). The molecule has 4 nitrogen and oxygen atoms in total. The number of aliphatic imine (C=N–C) groups is 1. The van der Waals surface area contributed by atoms with Crippen LogP contribution >= 0.6 is 39.3 Å². The first kappa shape index (κ1) is 14.3. The van der Waals surface area contributed by atoms with Gasteiger partial charge in [0.05, 0.1) is 16.0 Å². The van der Waals surface area contributed by atoms with Gasteiger partial charge in [-0.3, -0.25) is 0 Å². The Hall–Kier alpha value is -1.11. The van der Waals surface area contributed by atoms with Gasteiger partial charge < -0.3 is 5.73 Å². The first-order valence-corrected chi connectivity index (χ1v) is 7.47. The van der Waals surface area contributed by atoms with Crippen LogP contribution < -0.4 is 5.73 Å². The Bertz CT molecular complexity index is 589. The molecule has 0 aliphatic carbocycles. The van der Waals surface area contributed by atoms with Gasteiger partial charge >= 0.3 is 0 Å². The van der Waals surface area contributed by atoms with E-state index < -0.39 is 0 Å². The molecule has 2 N–H and O–H groups in total. The van der Waals surface area contributed by atoms with Crippen LogP contribution in [0.4, 0.5) is 5.69 Å². The molecule has 0 amide bonds. The Morgan fingerprint density at radius 2 is 2.00 bits per heavy atom. The molecule has 1 heterocycles. The minimum absolute atomic E-state index is 0.202. The Balaban J connectivity index is 2.27. The molecule has 0 bridgehead atoms. The van der Waals surface area contributed by atoms with Crippen LogP contribution in [0.5, 0.6) is 0 Å². The average molecular weight is 358 g/mol. The number of alkyl halides is 1. The van der Waals surface area contributed by atoms with Gasteiger partial charge in [0.1, 0.15) is 5.84 Å². The van der Waals surface area contributed by atoms with Crippen LogP contribution in [-0.2, 0) is 0 Å². The molecule has 7 heteroatoms. The van der Waals surface area contributed by atoms with E-state index in [4.69, 9.17) is 17.3 Å². The van der Waals surface area contributed by atoms with Crippen molar-refractivity contribution in [1.82, 2.24) is 9.97 Å². The molecule has 2 rings (SSSR count). The Labute approximate surface area is 128 Å². The van der Waals surface area contributed by atoms with Gasteiger partial charge in [-0.25, -0.2) is 15.0 Å². The molecule has 19 heavy (non-hydrogen) atoms. The average Bonchev–Trinajstić information content (AvgIpc) is 2.43. The van der Waals surface area contributed by atoms with E-state index in [1.165, 1.54) is 11.8 Å². The molecular formula is C12H10BrClN4S. The first-order valence-electron chi connectivity index (χ1n) is 5.32. The number of amidine groups is 1. The molecule has 0 saturated carbocycles. The van der Waals surface area contributed by atoms with Crippen LogP contribution in [0, 0.1) is 0 Å². The minimum atomic E-state index is 0.202. The summed E-state index contributed by atoms with van der Waals surface area (Å²) >= 11 is 10.4. The van der Waals surface area contributed by atoms with Crippen LogP contribution in [-0.4, -0.2) is 21.7 Å². The third-order valence-electron chi connectivity index (χ3n) is 2.06. The van der Waals surface area contributed by atoms with E-state index in [1.807, 2.05) is 24.3 Å². The monoisotopic (exact) mass is 356 g/mol. The van der Waals surface area contributed by atoms with E-state index in [0.29, 0.717) is 11.0 Å². The van der Waals surface area contributed by atoms with Crippen molar-refractivity contribution in [3.05, 3.63) is 41.1 Å². The van der Waals surface area contributed by atoms with Crippen molar-refractivity contribution in [2.75, 3.05) is 5.88 Å². The van der Waals surface area contributed by atoms with Crippen LogP contribution in [0.15, 0.2) is 56.2 Å². The predicted octanol–water partition coefficient (Wildman–Crippen LogP) is 3.62. The molecule has 0 atom stereocenters. The number of nitrogens with zero attached hydrogens (tertiary/aromatic N) is 3. The highest BCUT2D eigenvalue weighted by molar-refractivity contribution is 9.10. The molecule has 0 fully saturated rings. The zero-order chi connectivity index (χ0) is 13.7. The van der Waals surface area contributed by atoms with Crippen molar-refractivity contribution >= 4 is 50.8 Å². The normalized spacial score (nSPS) is 11.6. The van der Waals surface area contributed by atoms with Gasteiger partial charge in [0.2, 0.25) is 0 Å². The lowest BCUT2D eigenvalue weighted by molar-refractivity contribution is 0.958. The lowest BCUT2D eigenvalue weighted by Crippen LogP contribution is -2.12. The zero-order valence-electron chi connectivity index (χ0n) is 9.75. The lowest BCUT2D eigenvalue weighted by atomic mass is 10.3. The molecule has 1 aromatic heterocycles. The highest BCUT2D eigenvalue weighted by atomic mass is 79.9. The quantitative estimate of drug-likeness (QED) is 0.393. The van der Waals surface area contributed by atoms with E-state index in [9.17, 15) is 0 Å². The number of hydrogen-bond acceptors (Lipinski definition) is 4. The fraction of sp³-hybridized carbons (Fsp3) is 0.0833. The van der Waals surface area contributed by atoms with Crippen molar-refractivity contribution in [1.29, 1.82) is 0 Å². The van der Waals surface area contributed by atoms with Gasteiger partial charge in [-0.05, 0) is 39.8 Å². The van der Waals surface area contributed by atoms with Crippen molar-refractivity contribution in [3.63, 3.8) is 0 Å². The molecule has 2 aromatic rings. The van der Waals surface area contributed by atoms with Crippen LogP contribution in [0.25, 0.3) is 0 Å². The summed E-state index contributed by atoms with van der Waals surface area (Å²) in [4.78, 5) is 13.6. The number of benzene rings is 1. The Kier molecular flexibility index (Phi) is 5.18. The molecule has 98 valence electrons. The van der Waals surface area contributed by atoms with E-state index in [2.05, 4.69) is 30.9 Å². The maximum atomic E-state index is 5.66. The fourth-order valence-corrected chi connectivity index (χ4v) is 2.31. The topological polar surface area (TPSA) is 64.2 Å². The van der Waals surface area contributed by atoms with Gasteiger partial charge in [0.15, 0.2) is 5.16 Å².